The van der Waals surface area contributed by atoms with Crippen molar-refractivity contribution in [1.82, 2.24) is 4.98 Å². The second-order valence-corrected chi connectivity index (χ2v) is 7.50. The molecule has 3 N–H and O–H groups in total. The molecule has 3 rings (SSSR count). The molecule has 4 nitrogen and oxygen atoms in total. The Bertz CT molecular complexity index is 480. The first-order valence-electron chi connectivity index (χ1n) is 8.27. The summed E-state index contributed by atoms with van der Waals surface area (Å²) in [4.78, 5) is 18.4. The lowest BCUT2D eigenvalue weighted by Crippen LogP contribution is -2.34. The third-order valence-corrected chi connectivity index (χ3v) is 5.73. The van der Waals surface area contributed by atoms with E-state index in [4.69, 9.17) is 5.73 Å². The van der Waals surface area contributed by atoms with Crippen LogP contribution in [0, 0.1) is 5.92 Å². The van der Waals surface area contributed by atoms with E-state index in [0.717, 1.165) is 43.7 Å². The van der Waals surface area contributed by atoms with Crippen LogP contribution in [-0.4, -0.2) is 16.9 Å². The Morgan fingerprint density at radius 2 is 1.91 bits per heavy atom. The van der Waals surface area contributed by atoms with Gasteiger partial charge in [0.2, 0.25) is 5.91 Å². The maximum atomic E-state index is 12.4. The van der Waals surface area contributed by atoms with Gasteiger partial charge in [-0.2, -0.15) is 0 Å². The van der Waals surface area contributed by atoms with Crippen molar-refractivity contribution in [2.45, 2.75) is 70.3 Å². The smallest absolute Gasteiger partial charge is 0.229 e. The number of nitrogens with one attached hydrogen (secondary N) is 1. The van der Waals surface area contributed by atoms with Gasteiger partial charge in [0.25, 0.3) is 0 Å². The lowest BCUT2D eigenvalue weighted by atomic mass is 9.86. The van der Waals surface area contributed by atoms with Gasteiger partial charge < -0.3 is 11.1 Å². The Morgan fingerprint density at radius 1 is 1.14 bits per heavy atom. The molecule has 6 heteroatoms. The maximum absolute atomic E-state index is 12.4. The standard InChI is InChI=1S/C16H25N3OS.ClH/c17-12-7-5-6-11(10-12)15(20)19-16-18-13-8-3-1-2-4-9-14(13)21-16;/h11-12H,1-10,17H2,(H,18,19,20);1H. The third-order valence-electron chi connectivity index (χ3n) is 4.66. The van der Waals surface area contributed by atoms with Gasteiger partial charge in [0, 0.05) is 16.8 Å². The molecule has 2 aliphatic carbocycles. The number of rotatable bonds is 2. The normalized spacial score (nSPS) is 25.3. The van der Waals surface area contributed by atoms with Crippen LogP contribution < -0.4 is 11.1 Å². The quantitative estimate of drug-likeness (QED) is 0.860. The van der Waals surface area contributed by atoms with E-state index in [1.165, 1.54) is 36.3 Å². The molecule has 1 fully saturated rings. The lowest BCUT2D eigenvalue weighted by molar-refractivity contribution is -0.120. The highest BCUT2D eigenvalue weighted by Gasteiger charge is 2.26. The molecular weight excluding hydrogens is 318 g/mol. The molecule has 1 saturated carbocycles. The van der Waals surface area contributed by atoms with Crippen LogP contribution in [-0.2, 0) is 17.6 Å². The topological polar surface area (TPSA) is 68.0 Å². The average Bonchev–Trinajstić information content (AvgIpc) is 2.80. The summed E-state index contributed by atoms with van der Waals surface area (Å²) >= 11 is 1.68. The highest BCUT2D eigenvalue weighted by atomic mass is 35.5. The lowest BCUT2D eigenvalue weighted by Gasteiger charge is -2.25. The number of amides is 1. The summed E-state index contributed by atoms with van der Waals surface area (Å²) < 4.78 is 0. The van der Waals surface area contributed by atoms with Crippen molar-refractivity contribution in [3.8, 4) is 0 Å². The number of carbonyl (C=O) groups is 1. The Kier molecular flexibility index (Phi) is 6.66. The van der Waals surface area contributed by atoms with E-state index >= 15 is 0 Å². The van der Waals surface area contributed by atoms with Crippen LogP contribution in [0.25, 0.3) is 0 Å². The SMILES string of the molecule is Cl.NC1CCCC(C(=O)Nc2nc3c(s2)CCCCCC3)C1. The molecule has 1 amide bonds. The number of hydrogen-bond donors (Lipinski definition) is 2. The van der Waals surface area contributed by atoms with Crippen LogP contribution in [0.2, 0.25) is 0 Å². The van der Waals surface area contributed by atoms with E-state index in [0.29, 0.717) is 0 Å². The average molecular weight is 344 g/mol. The minimum Gasteiger partial charge on any atom is -0.328 e. The zero-order chi connectivity index (χ0) is 14.7. The minimum absolute atomic E-state index is 0. The predicted molar refractivity (Wildman–Crippen MR) is 93.8 cm³/mol. The predicted octanol–water partition coefficient (Wildman–Crippen LogP) is 3.68. The number of halogens is 1. The molecule has 1 aromatic heterocycles. The molecule has 0 aromatic carbocycles. The first kappa shape index (κ1) is 17.7. The van der Waals surface area contributed by atoms with Crippen molar-refractivity contribution in [2.24, 2.45) is 11.7 Å². The summed E-state index contributed by atoms with van der Waals surface area (Å²) in [5.41, 5.74) is 7.20. The number of hydrogen-bond acceptors (Lipinski definition) is 4. The summed E-state index contributed by atoms with van der Waals surface area (Å²) in [5.74, 6) is 0.187. The summed E-state index contributed by atoms with van der Waals surface area (Å²) in [5, 5.41) is 3.84. The molecule has 2 aliphatic rings. The Balaban J connectivity index is 0.00000176. The molecule has 124 valence electrons. The van der Waals surface area contributed by atoms with Crippen molar-refractivity contribution in [1.29, 1.82) is 0 Å². The highest BCUT2D eigenvalue weighted by Crippen LogP contribution is 2.30. The molecule has 0 spiro atoms. The molecule has 1 heterocycles. The van der Waals surface area contributed by atoms with E-state index in [9.17, 15) is 4.79 Å². The molecule has 0 radical (unpaired) electrons. The number of carbonyl (C=O) groups excluding carboxylic acids is 1. The van der Waals surface area contributed by atoms with Crippen LogP contribution in [0.15, 0.2) is 0 Å². The Morgan fingerprint density at radius 3 is 2.68 bits per heavy atom. The molecule has 0 aliphatic heterocycles. The van der Waals surface area contributed by atoms with Gasteiger partial charge in [-0.3, -0.25) is 4.79 Å². The zero-order valence-electron chi connectivity index (χ0n) is 13.0. The molecule has 0 bridgehead atoms. The fourth-order valence-corrected chi connectivity index (χ4v) is 4.48. The number of aryl methyl sites for hydroxylation is 2. The summed E-state index contributed by atoms with van der Waals surface area (Å²) in [6, 6.07) is 0.186. The van der Waals surface area contributed by atoms with Gasteiger partial charge in [-0.05, 0) is 44.9 Å². The van der Waals surface area contributed by atoms with Crippen LogP contribution in [0.4, 0.5) is 5.13 Å². The van der Waals surface area contributed by atoms with Crippen LogP contribution in [0.3, 0.4) is 0 Å². The van der Waals surface area contributed by atoms with E-state index in [2.05, 4.69) is 10.3 Å². The molecule has 1 aromatic rings. The van der Waals surface area contributed by atoms with Gasteiger partial charge in [0.15, 0.2) is 5.13 Å². The monoisotopic (exact) mass is 343 g/mol. The molecule has 22 heavy (non-hydrogen) atoms. The second-order valence-electron chi connectivity index (χ2n) is 6.42. The third kappa shape index (κ3) is 4.43. The summed E-state index contributed by atoms with van der Waals surface area (Å²) in [6.45, 7) is 0. The number of fused-ring (bicyclic) bond motifs is 1. The highest BCUT2D eigenvalue weighted by molar-refractivity contribution is 7.15. The fraction of sp³-hybridized carbons (Fsp3) is 0.750. The first-order chi connectivity index (χ1) is 10.2. The molecule has 2 atom stereocenters. The number of aromatic nitrogens is 1. The zero-order valence-corrected chi connectivity index (χ0v) is 14.6. The van der Waals surface area contributed by atoms with Crippen molar-refractivity contribution in [3.05, 3.63) is 10.6 Å². The second kappa shape index (κ2) is 8.27. The number of nitrogens with zero attached hydrogens (tertiary/aromatic N) is 1. The van der Waals surface area contributed by atoms with Crippen LogP contribution in [0.5, 0.6) is 0 Å². The van der Waals surface area contributed by atoms with Crippen LogP contribution >= 0.6 is 23.7 Å². The number of thiazole rings is 1. The fourth-order valence-electron chi connectivity index (χ4n) is 3.43. The van der Waals surface area contributed by atoms with Crippen molar-refractivity contribution < 1.29 is 4.79 Å². The summed E-state index contributed by atoms with van der Waals surface area (Å²) in [7, 11) is 0. The van der Waals surface area contributed by atoms with Gasteiger partial charge in [0.05, 0.1) is 5.69 Å². The van der Waals surface area contributed by atoms with Crippen molar-refractivity contribution in [3.63, 3.8) is 0 Å². The van der Waals surface area contributed by atoms with Crippen LogP contribution in [0.1, 0.15) is 61.9 Å². The van der Waals surface area contributed by atoms with Crippen molar-refractivity contribution >= 4 is 34.8 Å². The van der Waals surface area contributed by atoms with E-state index in [1.54, 1.807) is 11.3 Å². The molecular formula is C16H26ClN3OS. The maximum Gasteiger partial charge on any atom is 0.229 e. The van der Waals surface area contributed by atoms with Gasteiger partial charge in [-0.15, -0.1) is 23.7 Å². The number of nitrogens with two attached hydrogens (primary N) is 1. The van der Waals surface area contributed by atoms with Gasteiger partial charge in [-0.25, -0.2) is 4.98 Å². The van der Waals surface area contributed by atoms with Gasteiger partial charge >= 0.3 is 0 Å². The summed E-state index contributed by atoms with van der Waals surface area (Å²) in [6.07, 6.45) is 11.2. The Labute approximate surface area is 142 Å². The van der Waals surface area contributed by atoms with E-state index in [1.807, 2.05) is 0 Å². The van der Waals surface area contributed by atoms with E-state index in [-0.39, 0.29) is 30.3 Å². The van der Waals surface area contributed by atoms with Gasteiger partial charge in [-0.1, -0.05) is 19.3 Å². The first-order valence-corrected chi connectivity index (χ1v) is 9.09. The molecule has 0 saturated heterocycles. The number of anilines is 1. The van der Waals surface area contributed by atoms with E-state index < -0.39 is 0 Å². The van der Waals surface area contributed by atoms with Gasteiger partial charge in [0.1, 0.15) is 0 Å². The van der Waals surface area contributed by atoms with Crippen molar-refractivity contribution in [2.75, 3.05) is 5.32 Å². The minimum atomic E-state index is 0. The molecule has 2 unspecified atom stereocenters. The largest absolute Gasteiger partial charge is 0.328 e. The Hall–Kier alpha value is -0.650.